The van der Waals surface area contributed by atoms with Crippen LogP contribution in [0, 0.1) is 0 Å². The van der Waals surface area contributed by atoms with Crippen LogP contribution in [0.3, 0.4) is 0 Å². The van der Waals surface area contributed by atoms with E-state index in [1.807, 2.05) is 0 Å². The predicted molar refractivity (Wildman–Crippen MR) is 60.4 cm³/mol. The number of aryl methyl sites for hydroxylation is 1. The van der Waals surface area contributed by atoms with Crippen molar-refractivity contribution in [2.75, 3.05) is 6.54 Å². The quantitative estimate of drug-likeness (QED) is 0.637. The molecule has 1 aromatic heterocycles. The molecule has 0 aromatic carbocycles. The summed E-state index contributed by atoms with van der Waals surface area (Å²) in [5.41, 5.74) is 5.36. The molecule has 0 aliphatic heterocycles. The Hall–Kier alpha value is -1.43. The molecule has 0 unspecified atom stereocenters. The van der Waals surface area contributed by atoms with Crippen molar-refractivity contribution in [1.82, 2.24) is 20.1 Å². The number of aromatic nitrogens is 3. The van der Waals surface area contributed by atoms with Crippen LogP contribution in [0.25, 0.3) is 0 Å². The second-order valence-corrected chi connectivity index (χ2v) is 3.71. The summed E-state index contributed by atoms with van der Waals surface area (Å²) in [5, 5.41) is 6.85. The van der Waals surface area contributed by atoms with Gasteiger partial charge in [-0.25, -0.2) is 4.98 Å². The Kier molecular flexibility index (Phi) is 5.49. The van der Waals surface area contributed by atoms with Gasteiger partial charge in [-0.2, -0.15) is 5.10 Å². The summed E-state index contributed by atoms with van der Waals surface area (Å²) in [6.45, 7) is 1.09. The van der Waals surface area contributed by atoms with Crippen LogP contribution in [0.2, 0.25) is 0 Å². The summed E-state index contributed by atoms with van der Waals surface area (Å²) >= 11 is 0. The summed E-state index contributed by atoms with van der Waals surface area (Å²) in [5.74, 6) is 0.683. The third kappa shape index (κ3) is 4.88. The molecule has 0 aliphatic rings. The molecule has 0 spiro atoms. The molecule has 0 fully saturated rings. The maximum absolute atomic E-state index is 11.4. The van der Waals surface area contributed by atoms with Gasteiger partial charge in [0.15, 0.2) is 5.82 Å². The van der Waals surface area contributed by atoms with E-state index in [-0.39, 0.29) is 5.91 Å². The third-order valence-electron chi connectivity index (χ3n) is 2.20. The molecule has 1 heterocycles. The summed E-state index contributed by atoms with van der Waals surface area (Å²) < 4.78 is 1.61. The summed E-state index contributed by atoms with van der Waals surface area (Å²) in [4.78, 5) is 15.4. The van der Waals surface area contributed by atoms with Gasteiger partial charge in [0.2, 0.25) is 5.91 Å². The van der Waals surface area contributed by atoms with Crippen molar-refractivity contribution in [3.63, 3.8) is 0 Å². The normalized spacial score (nSPS) is 10.4. The van der Waals surface area contributed by atoms with Gasteiger partial charge in [-0.3, -0.25) is 9.48 Å². The lowest BCUT2D eigenvalue weighted by atomic mass is 10.2. The van der Waals surface area contributed by atoms with Gasteiger partial charge in [-0.15, -0.1) is 0 Å². The second-order valence-electron chi connectivity index (χ2n) is 3.71. The van der Waals surface area contributed by atoms with E-state index in [2.05, 4.69) is 15.4 Å². The van der Waals surface area contributed by atoms with Gasteiger partial charge in [0, 0.05) is 13.5 Å². The van der Waals surface area contributed by atoms with Crippen molar-refractivity contribution >= 4 is 5.91 Å². The molecule has 0 bridgehead atoms. The Bertz CT molecular complexity index is 323. The van der Waals surface area contributed by atoms with Crippen LogP contribution in [0.1, 0.15) is 31.5 Å². The van der Waals surface area contributed by atoms with Crippen molar-refractivity contribution in [3.8, 4) is 0 Å². The minimum atomic E-state index is 0.0458. The Balaban J connectivity index is 2.10. The number of hydrogen-bond donors (Lipinski definition) is 2. The topological polar surface area (TPSA) is 85.8 Å². The molecule has 0 saturated heterocycles. The zero-order chi connectivity index (χ0) is 11.8. The molecule has 16 heavy (non-hydrogen) atoms. The lowest BCUT2D eigenvalue weighted by molar-refractivity contribution is -0.121. The molecule has 0 atom stereocenters. The number of amides is 1. The van der Waals surface area contributed by atoms with Crippen LogP contribution in [0.5, 0.6) is 0 Å². The molecule has 0 aliphatic carbocycles. The first kappa shape index (κ1) is 12.6. The number of carbonyl (C=O) groups excluding carboxylic acids is 1. The van der Waals surface area contributed by atoms with Crippen LogP contribution in [0.4, 0.5) is 0 Å². The zero-order valence-corrected chi connectivity index (χ0v) is 9.65. The van der Waals surface area contributed by atoms with Crippen molar-refractivity contribution < 1.29 is 4.79 Å². The first-order chi connectivity index (χ1) is 7.72. The van der Waals surface area contributed by atoms with Crippen LogP contribution < -0.4 is 11.1 Å². The smallest absolute Gasteiger partial charge is 0.220 e. The van der Waals surface area contributed by atoms with E-state index in [1.165, 1.54) is 0 Å². The highest BCUT2D eigenvalue weighted by molar-refractivity contribution is 5.75. The zero-order valence-electron chi connectivity index (χ0n) is 9.65. The first-order valence-electron chi connectivity index (χ1n) is 5.53. The van der Waals surface area contributed by atoms with Gasteiger partial charge in [-0.05, 0) is 19.4 Å². The van der Waals surface area contributed by atoms with Gasteiger partial charge in [-0.1, -0.05) is 6.42 Å². The Morgan fingerprint density at radius 3 is 2.94 bits per heavy atom. The van der Waals surface area contributed by atoms with E-state index in [1.54, 1.807) is 18.1 Å². The lowest BCUT2D eigenvalue weighted by Gasteiger charge is -2.02. The standard InChI is InChI=1S/C10H19N5O/c1-15-8-13-9(14-15)7-12-10(16)5-3-2-4-6-11/h8H,2-7,11H2,1H3,(H,12,16). The van der Waals surface area contributed by atoms with Gasteiger partial charge in [0.05, 0.1) is 6.54 Å². The first-order valence-corrected chi connectivity index (χ1v) is 5.53. The van der Waals surface area contributed by atoms with Gasteiger partial charge < -0.3 is 11.1 Å². The fraction of sp³-hybridized carbons (Fsp3) is 0.700. The average Bonchev–Trinajstić information content (AvgIpc) is 2.68. The number of nitrogens with two attached hydrogens (primary N) is 1. The van der Waals surface area contributed by atoms with E-state index in [4.69, 9.17) is 5.73 Å². The molecule has 0 saturated carbocycles. The third-order valence-corrected chi connectivity index (χ3v) is 2.20. The number of hydrogen-bond acceptors (Lipinski definition) is 4. The predicted octanol–water partition coefficient (Wildman–Crippen LogP) is -0.0496. The second kappa shape index (κ2) is 6.95. The molecule has 6 heteroatoms. The lowest BCUT2D eigenvalue weighted by Crippen LogP contribution is -2.23. The molecule has 90 valence electrons. The van der Waals surface area contributed by atoms with Gasteiger partial charge in [0.25, 0.3) is 0 Å². The van der Waals surface area contributed by atoms with Gasteiger partial charge in [0.1, 0.15) is 6.33 Å². The molecular weight excluding hydrogens is 206 g/mol. The molecule has 1 rings (SSSR count). The summed E-state index contributed by atoms with van der Waals surface area (Å²) in [7, 11) is 1.80. The van der Waals surface area contributed by atoms with Crippen molar-refractivity contribution in [2.24, 2.45) is 12.8 Å². The summed E-state index contributed by atoms with van der Waals surface area (Å²) in [6.07, 6.45) is 5.04. The maximum Gasteiger partial charge on any atom is 0.220 e. The minimum absolute atomic E-state index is 0.0458. The average molecular weight is 225 g/mol. The number of nitrogens with one attached hydrogen (secondary N) is 1. The van der Waals surface area contributed by atoms with E-state index >= 15 is 0 Å². The number of unbranched alkanes of at least 4 members (excludes halogenated alkanes) is 2. The van der Waals surface area contributed by atoms with Crippen molar-refractivity contribution in [2.45, 2.75) is 32.2 Å². The van der Waals surface area contributed by atoms with Crippen LogP contribution >= 0.6 is 0 Å². The largest absolute Gasteiger partial charge is 0.349 e. The molecule has 0 radical (unpaired) electrons. The Labute approximate surface area is 95.2 Å². The Morgan fingerprint density at radius 2 is 2.31 bits per heavy atom. The summed E-state index contributed by atoms with van der Waals surface area (Å²) in [6, 6.07) is 0. The van der Waals surface area contributed by atoms with E-state index in [9.17, 15) is 4.79 Å². The molecule has 6 nitrogen and oxygen atoms in total. The van der Waals surface area contributed by atoms with E-state index < -0.39 is 0 Å². The van der Waals surface area contributed by atoms with Crippen molar-refractivity contribution in [1.29, 1.82) is 0 Å². The highest BCUT2D eigenvalue weighted by Crippen LogP contribution is 1.98. The van der Waals surface area contributed by atoms with E-state index in [0.717, 1.165) is 19.3 Å². The van der Waals surface area contributed by atoms with Gasteiger partial charge >= 0.3 is 0 Å². The highest BCUT2D eigenvalue weighted by atomic mass is 16.1. The number of rotatable bonds is 7. The van der Waals surface area contributed by atoms with Crippen LogP contribution in [-0.4, -0.2) is 27.2 Å². The van der Waals surface area contributed by atoms with Crippen molar-refractivity contribution in [3.05, 3.63) is 12.2 Å². The highest BCUT2D eigenvalue weighted by Gasteiger charge is 2.03. The number of carbonyl (C=O) groups is 1. The van der Waals surface area contributed by atoms with E-state index in [0.29, 0.717) is 25.3 Å². The Morgan fingerprint density at radius 1 is 1.50 bits per heavy atom. The van der Waals surface area contributed by atoms with Crippen LogP contribution in [0.15, 0.2) is 6.33 Å². The molecule has 1 aromatic rings. The monoisotopic (exact) mass is 225 g/mol. The number of nitrogens with zero attached hydrogens (tertiary/aromatic N) is 3. The fourth-order valence-corrected chi connectivity index (χ4v) is 1.34. The van der Waals surface area contributed by atoms with Crippen LogP contribution in [-0.2, 0) is 18.4 Å². The minimum Gasteiger partial charge on any atom is -0.349 e. The molecule has 3 N–H and O–H groups in total. The SMILES string of the molecule is Cn1cnc(CNC(=O)CCCCCN)n1. The fourth-order valence-electron chi connectivity index (χ4n) is 1.34. The maximum atomic E-state index is 11.4. The molecule has 1 amide bonds. The molecular formula is C10H19N5O.